The van der Waals surface area contributed by atoms with E-state index in [2.05, 4.69) is 24.9 Å². The van der Waals surface area contributed by atoms with Crippen LogP contribution in [0.5, 0.6) is 0 Å². The molecule has 166 valence electrons. The highest BCUT2D eigenvalue weighted by molar-refractivity contribution is 5.80. The predicted molar refractivity (Wildman–Crippen MR) is 118 cm³/mol. The number of piperidine rings is 1. The minimum Gasteiger partial charge on any atom is -0.353 e. The van der Waals surface area contributed by atoms with Crippen LogP contribution in [0.2, 0.25) is 0 Å². The van der Waals surface area contributed by atoms with Gasteiger partial charge >= 0.3 is 0 Å². The highest BCUT2D eigenvalue weighted by Gasteiger charge is 2.32. The Kier molecular flexibility index (Phi) is 4.77. The molecule has 1 N–H and O–H groups in total. The average Bonchev–Trinajstić information content (AvgIpc) is 3.36. The van der Waals surface area contributed by atoms with Crippen molar-refractivity contribution in [3.05, 3.63) is 30.0 Å². The van der Waals surface area contributed by atoms with Gasteiger partial charge in [0.25, 0.3) is 0 Å². The molecule has 8 nitrogen and oxygen atoms in total. The minimum atomic E-state index is -0.400. The van der Waals surface area contributed by atoms with Gasteiger partial charge in [0.15, 0.2) is 23.1 Å². The number of halogens is 1. The van der Waals surface area contributed by atoms with Gasteiger partial charge in [-0.15, -0.1) is 0 Å². The monoisotopic (exact) mass is 435 g/mol. The lowest BCUT2D eigenvalue weighted by molar-refractivity contribution is -0.134. The Labute approximate surface area is 185 Å². The number of fused-ring (bicyclic) bond motifs is 1. The summed E-state index contributed by atoms with van der Waals surface area (Å²) in [5.74, 6) is 1.82. The Hall–Kier alpha value is -3.10. The number of hydrogen-bond acceptors (Lipinski definition) is 6. The van der Waals surface area contributed by atoms with E-state index in [9.17, 15) is 4.79 Å². The molecular formula is C23H26FN7O. The third-order valence-corrected chi connectivity index (χ3v) is 6.76. The third-order valence-electron chi connectivity index (χ3n) is 6.76. The quantitative estimate of drug-likeness (QED) is 0.676. The van der Waals surface area contributed by atoms with Gasteiger partial charge < -0.3 is 14.8 Å². The van der Waals surface area contributed by atoms with Crippen LogP contribution >= 0.6 is 0 Å². The third kappa shape index (κ3) is 3.59. The molecule has 2 saturated heterocycles. The zero-order valence-electron chi connectivity index (χ0n) is 17.9. The van der Waals surface area contributed by atoms with Gasteiger partial charge in [-0.05, 0) is 44.6 Å². The Morgan fingerprint density at radius 3 is 2.72 bits per heavy atom. The van der Waals surface area contributed by atoms with Crippen LogP contribution in [-0.2, 0) is 4.79 Å². The van der Waals surface area contributed by atoms with E-state index in [-0.39, 0.29) is 17.6 Å². The first kappa shape index (κ1) is 19.6. The van der Waals surface area contributed by atoms with Crippen LogP contribution in [0.1, 0.15) is 50.3 Å². The summed E-state index contributed by atoms with van der Waals surface area (Å²) in [6.45, 7) is 2.87. The Bertz CT molecular complexity index is 1170. The summed E-state index contributed by atoms with van der Waals surface area (Å²) in [7, 11) is 0. The topological polar surface area (TPSA) is 90.9 Å². The molecule has 1 atom stereocenters. The van der Waals surface area contributed by atoms with E-state index in [0.29, 0.717) is 41.7 Å². The van der Waals surface area contributed by atoms with Gasteiger partial charge in [0.2, 0.25) is 5.91 Å². The van der Waals surface area contributed by atoms with E-state index < -0.39 is 5.82 Å². The maximum absolute atomic E-state index is 15.1. The van der Waals surface area contributed by atoms with E-state index >= 15 is 4.39 Å². The molecule has 2 aliphatic heterocycles. The van der Waals surface area contributed by atoms with E-state index in [1.165, 1.54) is 6.07 Å². The van der Waals surface area contributed by atoms with Crippen LogP contribution in [0.25, 0.3) is 22.7 Å². The van der Waals surface area contributed by atoms with Crippen molar-refractivity contribution < 1.29 is 9.18 Å². The standard InChI is InChI=1S/C23H26FN7O/c24-16-12-18-21(28-20(27-18)17-7-8-25-19(26-17)14-5-6-14)29-22(16)31-11-3-4-15(13-31)23(32)30-9-1-2-10-30/h7-8,12,14-15H,1-6,9-11,13H2,(H,27,28,29). The number of rotatable bonds is 4. The second-order valence-electron chi connectivity index (χ2n) is 9.14. The molecule has 0 bridgehead atoms. The lowest BCUT2D eigenvalue weighted by atomic mass is 9.96. The molecule has 5 heterocycles. The van der Waals surface area contributed by atoms with Gasteiger partial charge in [-0.2, -0.15) is 0 Å². The molecule has 0 radical (unpaired) electrons. The first-order chi connectivity index (χ1) is 15.7. The molecule has 0 spiro atoms. The van der Waals surface area contributed by atoms with Crippen molar-refractivity contribution in [1.82, 2.24) is 29.8 Å². The molecule has 1 amide bonds. The van der Waals surface area contributed by atoms with Crippen LogP contribution < -0.4 is 4.90 Å². The Morgan fingerprint density at radius 2 is 1.91 bits per heavy atom. The van der Waals surface area contributed by atoms with E-state index in [1.54, 1.807) is 12.3 Å². The van der Waals surface area contributed by atoms with Crippen LogP contribution in [0.3, 0.4) is 0 Å². The molecule has 6 rings (SSSR count). The highest BCUT2D eigenvalue weighted by Crippen LogP contribution is 2.38. The van der Waals surface area contributed by atoms with Crippen molar-refractivity contribution in [1.29, 1.82) is 0 Å². The number of nitrogens with zero attached hydrogens (tertiary/aromatic N) is 6. The largest absolute Gasteiger partial charge is 0.353 e. The number of likely N-dealkylation sites (tertiary alicyclic amines) is 1. The van der Waals surface area contributed by atoms with Gasteiger partial charge in [-0.1, -0.05) is 0 Å². The Morgan fingerprint density at radius 1 is 1.06 bits per heavy atom. The van der Waals surface area contributed by atoms with E-state index in [0.717, 1.165) is 57.4 Å². The van der Waals surface area contributed by atoms with Gasteiger partial charge in [-0.25, -0.2) is 24.3 Å². The van der Waals surface area contributed by atoms with Crippen molar-refractivity contribution in [2.45, 2.75) is 44.4 Å². The van der Waals surface area contributed by atoms with Gasteiger partial charge in [-0.3, -0.25) is 4.79 Å². The van der Waals surface area contributed by atoms with Gasteiger partial charge in [0.05, 0.1) is 11.4 Å². The molecule has 1 saturated carbocycles. The molecule has 0 aromatic carbocycles. The summed E-state index contributed by atoms with van der Waals surface area (Å²) in [6.07, 6.45) is 7.83. The molecule has 3 aromatic heterocycles. The summed E-state index contributed by atoms with van der Waals surface area (Å²) >= 11 is 0. The number of aromatic amines is 1. The zero-order chi connectivity index (χ0) is 21.7. The Balaban J connectivity index is 1.27. The normalized spacial score (nSPS) is 21.5. The van der Waals surface area contributed by atoms with Gasteiger partial charge in [0, 0.05) is 44.4 Å². The molecule has 3 aliphatic rings. The summed E-state index contributed by atoms with van der Waals surface area (Å²) in [4.78, 5) is 38.0. The summed E-state index contributed by atoms with van der Waals surface area (Å²) in [5.41, 5.74) is 1.68. The number of H-pyrrole nitrogens is 1. The number of carbonyl (C=O) groups is 1. The fraction of sp³-hybridized carbons (Fsp3) is 0.522. The lowest BCUT2D eigenvalue weighted by Gasteiger charge is -2.34. The maximum Gasteiger partial charge on any atom is 0.227 e. The second-order valence-corrected chi connectivity index (χ2v) is 9.14. The zero-order valence-corrected chi connectivity index (χ0v) is 17.9. The molecular weight excluding hydrogens is 409 g/mol. The number of imidazole rings is 1. The highest BCUT2D eigenvalue weighted by atomic mass is 19.1. The number of nitrogens with one attached hydrogen (secondary N) is 1. The number of pyridine rings is 1. The van der Waals surface area contributed by atoms with Crippen molar-refractivity contribution >= 4 is 22.9 Å². The summed E-state index contributed by atoms with van der Waals surface area (Å²) < 4.78 is 15.1. The fourth-order valence-corrected chi connectivity index (χ4v) is 4.86. The van der Waals surface area contributed by atoms with Crippen molar-refractivity contribution in [2.75, 3.05) is 31.1 Å². The SMILES string of the molecule is O=C(C1CCCN(c2nc3nc(-c4ccnc(C5CC5)n4)[nH]c3cc2F)C1)N1CCCC1. The number of carbonyl (C=O) groups excluding carboxylic acids is 1. The van der Waals surface area contributed by atoms with E-state index in [1.807, 2.05) is 9.80 Å². The maximum atomic E-state index is 15.1. The number of amides is 1. The minimum absolute atomic E-state index is 0.102. The second kappa shape index (κ2) is 7.79. The van der Waals surface area contributed by atoms with Crippen molar-refractivity contribution in [3.63, 3.8) is 0 Å². The molecule has 32 heavy (non-hydrogen) atoms. The van der Waals surface area contributed by atoms with Crippen molar-refractivity contribution in [3.8, 4) is 11.5 Å². The lowest BCUT2D eigenvalue weighted by Crippen LogP contribution is -2.44. The van der Waals surface area contributed by atoms with Crippen LogP contribution in [0.15, 0.2) is 18.3 Å². The van der Waals surface area contributed by atoms with E-state index in [4.69, 9.17) is 0 Å². The van der Waals surface area contributed by atoms with Crippen LogP contribution in [-0.4, -0.2) is 61.9 Å². The molecule has 1 unspecified atom stereocenters. The molecule has 3 fully saturated rings. The first-order valence-electron chi connectivity index (χ1n) is 11.6. The molecule has 9 heteroatoms. The fourth-order valence-electron chi connectivity index (χ4n) is 4.86. The summed E-state index contributed by atoms with van der Waals surface area (Å²) in [5, 5.41) is 0. The number of hydrogen-bond donors (Lipinski definition) is 1. The predicted octanol–water partition coefficient (Wildman–Crippen LogP) is 3.27. The van der Waals surface area contributed by atoms with Gasteiger partial charge in [0.1, 0.15) is 11.5 Å². The molecule has 1 aliphatic carbocycles. The summed E-state index contributed by atoms with van der Waals surface area (Å²) in [6, 6.07) is 3.25. The van der Waals surface area contributed by atoms with Crippen molar-refractivity contribution in [2.24, 2.45) is 5.92 Å². The number of aromatic nitrogens is 5. The smallest absolute Gasteiger partial charge is 0.227 e. The molecule has 3 aromatic rings. The number of anilines is 1. The van der Waals surface area contributed by atoms with Crippen LogP contribution in [0, 0.1) is 11.7 Å². The average molecular weight is 436 g/mol. The first-order valence-corrected chi connectivity index (χ1v) is 11.6. The van der Waals surface area contributed by atoms with Crippen LogP contribution in [0.4, 0.5) is 10.2 Å².